The molecule has 0 aliphatic heterocycles. The highest BCUT2D eigenvalue weighted by Gasteiger charge is 2.11. The number of aromatic hydroxyl groups is 1. The van der Waals surface area contributed by atoms with E-state index in [1.165, 1.54) is 0 Å². The van der Waals surface area contributed by atoms with Crippen molar-refractivity contribution in [3.8, 4) is 11.5 Å². The Labute approximate surface area is 106 Å². The van der Waals surface area contributed by atoms with Crippen LogP contribution in [0.1, 0.15) is 18.5 Å². The Bertz CT molecular complexity index is 409. The van der Waals surface area contributed by atoms with E-state index in [4.69, 9.17) is 10.5 Å². The van der Waals surface area contributed by atoms with Gasteiger partial charge < -0.3 is 25.6 Å². The van der Waals surface area contributed by atoms with Crippen LogP contribution in [0.15, 0.2) is 18.2 Å². The normalized spacial score (nSPS) is 11.9. The summed E-state index contributed by atoms with van der Waals surface area (Å²) in [5, 5.41) is 12.8. The van der Waals surface area contributed by atoms with Crippen molar-refractivity contribution in [2.45, 2.75) is 13.0 Å². The third kappa shape index (κ3) is 4.14. The van der Waals surface area contributed by atoms with Crippen molar-refractivity contribution in [1.29, 1.82) is 0 Å². The summed E-state index contributed by atoms with van der Waals surface area (Å²) in [4.78, 5) is 10.4. The number of nitrogens with one attached hydrogen (secondary N) is 1. The zero-order chi connectivity index (χ0) is 13.5. The van der Waals surface area contributed by atoms with Crippen LogP contribution in [0.3, 0.4) is 0 Å². The van der Waals surface area contributed by atoms with Crippen molar-refractivity contribution in [2.75, 3.05) is 20.3 Å². The summed E-state index contributed by atoms with van der Waals surface area (Å²) < 4.78 is 9.68. The second-order valence-electron chi connectivity index (χ2n) is 3.77. The molecule has 1 amide bonds. The van der Waals surface area contributed by atoms with Gasteiger partial charge in [0, 0.05) is 18.2 Å². The van der Waals surface area contributed by atoms with Gasteiger partial charge in [-0.05, 0) is 25.1 Å². The lowest BCUT2D eigenvalue weighted by Gasteiger charge is -2.16. The summed E-state index contributed by atoms with van der Waals surface area (Å²) in [6, 6.07) is 4.91. The van der Waals surface area contributed by atoms with Gasteiger partial charge in [-0.15, -0.1) is 0 Å². The van der Waals surface area contributed by atoms with Crippen LogP contribution in [-0.2, 0) is 4.74 Å². The van der Waals surface area contributed by atoms with E-state index in [1.807, 2.05) is 6.92 Å². The molecule has 1 atom stereocenters. The fraction of sp³-hybridized carbons (Fsp3) is 0.417. The molecule has 0 fully saturated rings. The maximum atomic E-state index is 10.4. The SMILES string of the molecule is COc1ccc(O)c(C(C)NCCOC(N)=O)c1. The van der Waals surface area contributed by atoms with Crippen LogP contribution >= 0.6 is 0 Å². The summed E-state index contributed by atoms with van der Waals surface area (Å²) in [7, 11) is 1.56. The first-order chi connectivity index (χ1) is 8.54. The smallest absolute Gasteiger partial charge is 0.404 e. The third-order valence-corrected chi connectivity index (χ3v) is 2.50. The molecule has 100 valence electrons. The van der Waals surface area contributed by atoms with Crippen LogP contribution < -0.4 is 15.8 Å². The van der Waals surface area contributed by atoms with Crippen molar-refractivity contribution in [2.24, 2.45) is 5.73 Å². The lowest BCUT2D eigenvalue weighted by Crippen LogP contribution is -2.26. The zero-order valence-corrected chi connectivity index (χ0v) is 10.5. The van der Waals surface area contributed by atoms with Crippen LogP contribution in [0, 0.1) is 0 Å². The molecule has 1 rings (SSSR count). The number of ether oxygens (including phenoxy) is 2. The van der Waals surface area contributed by atoms with E-state index in [9.17, 15) is 9.90 Å². The molecule has 0 heterocycles. The van der Waals surface area contributed by atoms with E-state index < -0.39 is 6.09 Å². The van der Waals surface area contributed by atoms with Gasteiger partial charge in [0.1, 0.15) is 18.1 Å². The van der Waals surface area contributed by atoms with E-state index in [0.717, 1.165) is 0 Å². The molecule has 0 bridgehead atoms. The van der Waals surface area contributed by atoms with E-state index in [-0.39, 0.29) is 18.4 Å². The van der Waals surface area contributed by atoms with Crippen LogP contribution in [0.5, 0.6) is 11.5 Å². The molecule has 0 aliphatic carbocycles. The minimum Gasteiger partial charge on any atom is -0.508 e. The largest absolute Gasteiger partial charge is 0.508 e. The minimum absolute atomic E-state index is 0.100. The molecule has 0 radical (unpaired) electrons. The molecular weight excluding hydrogens is 236 g/mol. The van der Waals surface area contributed by atoms with E-state index >= 15 is 0 Å². The van der Waals surface area contributed by atoms with Gasteiger partial charge in [-0.3, -0.25) is 0 Å². The molecule has 18 heavy (non-hydrogen) atoms. The molecule has 6 nitrogen and oxygen atoms in total. The standard InChI is InChI=1S/C12H18N2O4/c1-8(14-5-6-18-12(13)16)10-7-9(17-2)3-4-11(10)15/h3-4,7-8,14-15H,5-6H2,1-2H3,(H2,13,16). The Hall–Kier alpha value is -1.95. The van der Waals surface area contributed by atoms with Gasteiger partial charge in [0.05, 0.1) is 7.11 Å². The number of benzene rings is 1. The van der Waals surface area contributed by atoms with E-state index in [2.05, 4.69) is 10.1 Å². The monoisotopic (exact) mass is 254 g/mol. The number of nitrogens with two attached hydrogens (primary N) is 1. The summed E-state index contributed by atoms with van der Waals surface area (Å²) in [5.74, 6) is 0.858. The molecule has 1 aromatic carbocycles. The Balaban J connectivity index is 2.55. The van der Waals surface area contributed by atoms with Gasteiger partial charge in [-0.1, -0.05) is 0 Å². The Kier molecular flexibility index (Phi) is 5.26. The highest BCUT2D eigenvalue weighted by Crippen LogP contribution is 2.27. The Morgan fingerprint density at radius 1 is 1.56 bits per heavy atom. The van der Waals surface area contributed by atoms with Gasteiger partial charge in [0.2, 0.25) is 0 Å². The lowest BCUT2D eigenvalue weighted by atomic mass is 10.1. The van der Waals surface area contributed by atoms with Crippen LogP contribution in [-0.4, -0.2) is 31.5 Å². The molecule has 0 aromatic heterocycles. The number of hydrogen-bond acceptors (Lipinski definition) is 5. The number of methoxy groups -OCH3 is 1. The van der Waals surface area contributed by atoms with Gasteiger partial charge in [-0.25, -0.2) is 4.79 Å². The summed E-state index contributed by atoms with van der Waals surface area (Å²) >= 11 is 0. The second-order valence-corrected chi connectivity index (χ2v) is 3.77. The Morgan fingerprint density at radius 2 is 2.28 bits per heavy atom. The van der Waals surface area contributed by atoms with Crippen LogP contribution in [0.2, 0.25) is 0 Å². The molecule has 1 unspecified atom stereocenters. The topological polar surface area (TPSA) is 93.8 Å². The molecule has 0 saturated heterocycles. The predicted octanol–water partition coefficient (Wildman–Crippen LogP) is 1.15. The van der Waals surface area contributed by atoms with E-state index in [1.54, 1.807) is 25.3 Å². The number of phenols is 1. The van der Waals surface area contributed by atoms with E-state index in [0.29, 0.717) is 17.9 Å². The first-order valence-electron chi connectivity index (χ1n) is 5.57. The number of carbonyl (C=O) groups excluding carboxylic acids is 1. The third-order valence-electron chi connectivity index (χ3n) is 2.50. The van der Waals surface area contributed by atoms with Gasteiger partial charge in [0.25, 0.3) is 0 Å². The molecule has 0 saturated carbocycles. The maximum absolute atomic E-state index is 10.4. The number of hydrogen-bond donors (Lipinski definition) is 3. The van der Waals surface area contributed by atoms with Crippen molar-refractivity contribution in [3.63, 3.8) is 0 Å². The summed E-state index contributed by atoms with van der Waals surface area (Å²) in [5.41, 5.74) is 5.55. The fourth-order valence-corrected chi connectivity index (χ4v) is 1.54. The van der Waals surface area contributed by atoms with Crippen LogP contribution in [0.4, 0.5) is 4.79 Å². The summed E-state index contributed by atoms with van der Waals surface area (Å²) in [6.07, 6.45) is -0.798. The zero-order valence-electron chi connectivity index (χ0n) is 10.5. The second kappa shape index (κ2) is 6.70. The average Bonchev–Trinajstić information content (AvgIpc) is 2.34. The number of rotatable bonds is 6. The minimum atomic E-state index is -0.798. The van der Waals surface area contributed by atoms with Crippen molar-refractivity contribution in [1.82, 2.24) is 5.32 Å². The maximum Gasteiger partial charge on any atom is 0.404 e. The molecule has 1 aromatic rings. The van der Waals surface area contributed by atoms with Crippen molar-refractivity contribution < 1.29 is 19.4 Å². The number of amides is 1. The molecular formula is C12H18N2O4. The first-order valence-corrected chi connectivity index (χ1v) is 5.57. The van der Waals surface area contributed by atoms with Crippen molar-refractivity contribution in [3.05, 3.63) is 23.8 Å². The van der Waals surface area contributed by atoms with Gasteiger partial charge in [-0.2, -0.15) is 0 Å². The number of carbonyl (C=O) groups is 1. The number of phenolic OH excluding ortho intramolecular Hbond substituents is 1. The number of primary amides is 1. The van der Waals surface area contributed by atoms with Crippen molar-refractivity contribution >= 4 is 6.09 Å². The molecule has 6 heteroatoms. The van der Waals surface area contributed by atoms with Gasteiger partial charge in [0.15, 0.2) is 0 Å². The highest BCUT2D eigenvalue weighted by atomic mass is 16.5. The van der Waals surface area contributed by atoms with Crippen LogP contribution in [0.25, 0.3) is 0 Å². The fourth-order valence-electron chi connectivity index (χ4n) is 1.54. The lowest BCUT2D eigenvalue weighted by molar-refractivity contribution is 0.156. The first kappa shape index (κ1) is 14.1. The predicted molar refractivity (Wildman–Crippen MR) is 66.6 cm³/mol. The Morgan fingerprint density at radius 3 is 2.89 bits per heavy atom. The molecule has 0 aliphatic rings. The quantitative estimate of drug-likeness (QED) is 0.662. The average molecular weight is 254 g/mol. The molecule has 0 spiro atoms. The highest BCUT2D eigenvalue weighted by molar-refractivity contribution is 5.64. The molecule has 4 N–H and O–H groups in total. The summed E-state index contributed by atoms with van der Waals surface area (Å²) in [6.45, 7) is 2.52. The van der Waals surface area contributed by atoms with Gasteiger partial charge >= 0.3 is 6.09 Å².